The van der Waals surface area contributed by atoms with Crippen molar-refractivity contribution in [1.82, 2.24) is 9.80 Å². The van der Waals surface area contributed by atoms with E-state index >= 15 is 0 Å². The van der Waals surface area contributed by atoms with Crippen LogP contribution in [0.5, 0.6) is 0 Å². The van der Waals surface area contributed by atoms with Crippen LogP contribution >= 0.6 is 0 Å². The Balaban J connectivity index is 1.70. The molecule has 5 nitrogen and oxygen atoms in total. The Morgan fingerprint density at radius 2 is 2.04 bits per heavy atom. The van der Waals surface area contributed by atoms with Gasteiger partial charge in [-0.25, -0.2) is 0 Å². The lowest BCUT2D eigenvalue weighted by Gasteiger charge is -2.34. The van der Waals surface area contributed by atoms with Crippen LogP contribution in [0.25, 0.3) is 0 Å². The number of likely N-dealkylation sites (N-methyl/N-ethyl adjacent to an activating group) is 1. The van der Waals surface area contributed by atoms with Crippen molar-refractivity contribution in [2.45, 2.75) is 44.2 Å². The molecule has 5 heteroatoms. The molecule has 0 spiro atoms. The van der Waals surface area contributed by atoms with Crippen LogP contribution in [-0.4, -0.2) is 53.0 Å². The van der Waals surface area contributed by atoms with Gasteiger partial charge in [-0.1, -0.05) is 24.3 Å². The number of amides is 1. The molecule has 0 saturated carbocycles. The molecule has 1 saturated heterocycles. The third-order valence-corrected chi connectivity index (χ3v) is 5.19. The van der Waals surface area contributed by atoms with Gasteiger partial charge in [-0.3, -0.25) is 14.5 Å². The van der Waals surface area contributed by atoms with E-state index in [2.05, 4.69) is 12.1 Å². The number of carbonyl (C=O) groups excluding carboxylic acids is 1. The quantitative estimate of drug-likeness (QED) is 0.924. The van der Waals surface area contributed by atoms with E-state index in [0.717, 1.165) is 25.7 Å². The highest BCUT2D eigenvalue weighted by molar-refractivity contribution is 5.80. The zero-order chi connectivity index (χ0) is 16.4. The SMILES string of the molecule is CN(C(=O)CN1CCC[C@@H]1C(=O)O)C1CCCc2ccccc21. The number of hydrogen-bond acceptors (Lipinski definition) is 3. The van der Waals surface area contributed by atoms with Crippen molar-refractivity contribution in [1.29, 1.82) is 0 Å². The predicted molar refractivity (Wildman–Crippen MR) is 87.1 cm³/mol. The summed E-state index contributed by atoms with van der Waals surface area (Å²) >= 11 is 0. The van der Waals surface area contributed by atoms with E-state index in [1.165, 1.54) is 11.1 Å². The molecule has 1 amide bonds. The number of aliphatic carboxylic acids is 1. The van der Waals surface area contributed by atoms with Gasteiger partial charge in [0, 0.05) is 7.05 Å². The first kappa shape index (κ1) is 16.0. The van der Waals surface area contributed by atoms with Crippen molar-refractivity contribution >= 4 is 11.9 Å². The van der Waals surface area contributed by atoms with Gasteiger partial charge in [-0.05, 0) is 49.8 Å². The summed E-state index contributed by atoms with van der Waals surface area (Å²) < 4.78 is 0. The first-order valence-electron chi connectivity index (χ1n) is 8.38. The van der Waals surface area contributed by atoms with E-state index < -0.39 is 12.0 Å². The summed E-state index contributed by atoms with van der Waals surface area (Å²) in [5, 5.41) is 9.25. The molecule has 0 bridgehead atoms. The number of benzene rings is 1. The molecule has 1 fully saturated rings. The lowest BCUT2D eigenvalue weighted by Crippen LogP contribution is -2.44. The van der Waals surface area contributed by atoms with Crippen molar-refractivity contribution < 1.29 is 14.7 Å². The van der Waals surface area contributed by atoms with E-state index in [1.54, 1.807) is 4.90 Å². The highest BCUT2D eigenvalue weighted by Crippen LogP contribution is 2.33. The number of fused-ring (bicyclic) bond motifs is 1. The second-order valence-electron chi connectivity index (χ2n) is 6.58. The van der Waals surface area contributed by atoms with E-state index in [9.17, 15) is 14.7 Å². The average molecular weight is 316 g/mol. The lowest BCUT2D eigenvalue weighted by atomic mass is 9.87. The molecule has 0 radical (unpaired) electrons. The van der Waals surface area contributed by atoms with E-state index in [0.29, 0.717) is 13.0 Å². The van der Waals surface area contributed by atoms with Crippen molar-refractivity contribution in [2.75, 3.05) is 20.1 Å². The minimum atomic E-state index is -0.819. The second kappa shape index (κ2) is 6.71. The molecule has 1 aromatic rings. The third kappa shape index (κ3) is 3.24. The van der Waals surface area contributed by atoms with Gasteiger partial charge in [0.1, 0.15) is 6.04 Å². The summed E-state index contributed by atoms with van der Waals surface area (Å²) in [6, 6.07) is 7.92. The maximum Gasteiger partial charge on any atom is 0.320 e. The summed E-state index contributed by atoms with van der Waals surface area (Å²) in [6.07, 6.45) is 4.61. The Hall–Kier alpha value is -1.88. The molecule has 1 unspecified atom stereocenters. The van der Waals surface area contributed by atoms with Gasteiger partial charge in [-0.2, -0.15) is 0 Å². The van der Waals surface area contributed by atoms with Crippen LogP contribution in [-0.2, 0) is 16.0 Å². The molecule has 1 aliphatic heterocycles. The Kier molecular flexibility index (Phi) is 4.66. The lowest BCUT2D eigenvalue weighted by molar-refractivity contribution is -0.143. The average Bonchev–Trinajstić information content (AvgIpc) is 3.02. The number of likely N-dealkylation sites (tertiary alicyclic amines) is 1. The number of aryl methyl sites for hydroxylation is 1. The van der Waals surface area contributed by atoms with Crippen LogP contribution in [0, 0.1) is 0 Å². The number of hydrogen-bond donors (Lipinski definition) is 1. The fraction of sp³-hybridized carbons (Fsp3) is 0.556. The Bertz CT molecular complexity index is 602. The highest BCUT2D eigenvalue weighted by Gasteiger charge is 2.34. The maximum absolute atomic E-state index is 12.7. The predicted octanol–water partition coefficient (Wildman–Crippen LogP) is 2.07. The van der Waals surface area contributed by atoms with Crippen molar-refractivity contribution in [2.24, 2.45) is 0 Å². The second-order valence-corrected chi connectivity index (χ2v) is 6.58. The van der Waals surface area contributed by atoms with Crippen LogP contribution in [0.2, 0.25) is 0 Å². The number of carbonyl (C=O) groups is 2. The Morgan fingerprint density at radius 1 is 1.26 bits per heavy atom. The van der Waals surface area contributed by atoms with Crippen LogP contribution in [0.4, 0.5) is 0 Å². The summed E-state index contributed by atoms with van der Waals surface area (Å²) in [5.41, 5.74) is 2.57. The monoisotopic (exact) mass is 316 g/mol. The molecule has 3 rings (SSSR count). The zero-order valence-corrected chi connectivity index (χ0v) is 13.6. The van der Waals surface area contributed by atoms with Gasteiger partial charge in [0.2, 0.25) is 5.91 Å². The van der Waals surface area contributed by atoms with Crippen LogP contribution in [0.15, 0.2) is 24.3 Å². The molecule has 1 heterocycles. The maximum atomic E-state index is 12.7. The molecule has 1 aromatic carbocycles. The highest BCUT2D eigenvalue weighted by atomic mass is 16.4. The van der Waals surface area contributed by atoms with Gasteiger partial charge < -0.3 is 10.0 Å². The van der Waals surface area contributed by atoms with Gasteiger partial charge >= 0.3 is 5.97 Å². The van der Waals surface area contributed by atoms with Crippen LogP contribution < -0.4 is 0 Å². The fourth-order valence-corrected chi connectivity index (χ4v) is 3.88. The molecule has 0 aromatic heterocycles. The van der Waals surface area contributed by atoms with Crippen LogP contribution in [0.3, 0.4) is 0 Å². The molecule has 2 atom stereocenters. The molecule has 1 aliphatic carbocycles. The summed E-state index contributed by atoms with van der Waals surface area (Å²) in [4.78, 5) is 27.5. The van der Waals surface area contributed by atoms with E-state index in [1.807, 2.05) is 24.1 Å². The number of carboxylic acids is 1. The van der Waals surface area contributed by atoms with Crippen molar-refractivity contribution in [3.63, 3.8) is 0 Å². The summed E-state index contributed by atoms with van der Waals surface area (Å²) in [7, 11) is 1.85. The smallest absolute Gasteiger partial charge is 0.320 e. The molecule has 124 valence electrons. The number of rotatable bonds is 4. The normalized spacial score (nSPS) is 24.2. The van der Waals surface area contributed by atoms with Gasteiger partial charge in [-0.15, -0.1) is 0 Å². The van der Waals surface area contributed by atoms with Crippen molar-refractivity contribution in [3.05, 3.63) is 35.4 Å². The zero-order valence-electron chi connectivity index (χ0n) is 13.6. The molecule has 1 N–H and O–H groups in total. The van der Waals surface area contributed by atoms with E-state index in [4.69, 9.17) is 0 Å². The number of carboxylic acid groups (broad SMARTS) is 1. The molecule has 23 heavy (non-hydrogen) atoms. The Morgan fingerprint density at radius 3 is 2.83 bits per heavy atom. The minimum absolute atomic E-state index is 0.0138. The van der Waals surface area contributed by atoms with Gasteiger partial charge in [0.15, 0.2) is 0 Å². The summed E-state index contributed by atoms with van der Waals surface area (Å²) in [5.74, 6) is -0.805. The summed E-state index contributed by atoms with van der Waals surface area (Å²) in [6.45, 7) is 0.893. The Labute approximate surface area is 136 Å². The minimum Gasteiger partial charge on any atom is -0.480 e. The van der Waals surface area contributed by atoms with Crippen molar-refractivity contribution in [3.8, 4) is 0 Å². The first-order valence-corrected chi connectivity index (χ1v) is 8.38. The van der Waals surface area contributed by atoms with Gasteiger partial charge in [0.25, 0.3) is 0 Å². The van der Waals surface area contributed by atoms with Crippen LogP contribution in [0.1, 0.15) is 42.9 Å². The molecule has 2 aliphatic rings. The fourth-order valence-electron chi connectivity index (χ4n) is 3.88. The molecular formula is C18H24N2O3. The van der Waals surface area contributed by atoms with E-state index in [-0.39, 0.29) is 18.5 Å². The first-order chi connectivity index (χ1) is 11.1. The van der Waals surface area contributed by atoms with Gasteiger partial charge in [0.05, 0.1) is 12.6 Å². The largest absolute Gasteiger partial charge is 0.480 e. The standard InChI is InChI=1S/C18H24N2O3/c1-19(15-9-4-7-13-6-2-3-8-14(13)15)17(21)12-20-11-5-10-16(20)18(22)23/h2-3,6,8,15-16H,4-5,7,9-12H2,1H3,(H,22,23)/t15?,16-/m1/s1. The third-order valence-electron chi connectivity index (χ3n) is 5.19. The molecular weight excluding hydrogens is 292 g/mol. The number of nitrogens with zero attached hydrogens (tertiary/aromatic N) is 2. The topological polar surface area (TPSA) is 60.9 Å².